The summed E-state index contributed by atoms with van der Waals surface area (Å²) in [7, 11) is 0. The molecular formula is C12H17N3O3. The Balaban J connectivity index is 2.73. The van der Waals surface area contributed by atoms with Crippen LogP contribution in [0.25, 0.3) is 0 Å². The molecule has 1 aromatic rings. The van der Waals surface area contributed by atoms with Crippen molar-refractivity contribution in [2.45, 2.75) is 26.3 Å². The van der Waals surface area contributed by atoms with Crippen LogP contribution in [-0.4, -0.2) is 16.9 Å². The van der Waals surface area contributed by atoms with Crippen LogP contribution in [0, 0.1) is 16.0 Å². The number of nitro groups is 1. The van der Waals surface area contributed by atoms with E-state index in [9.17, 15) is 14.9 Å². The van der Waals surface area contributed by atoms with Crippen LogP contribution in [0.3, 0.4) is 0 Å². The summed E-state index contributed by atoms with van der Waals surface area (Å²) in [5.74, 6) is -0.132. The monoisotopic (exact) mass is 251 g/mol. The van der Waals surface area contributed by atoms with Gasteiger partial charge in [0.05, 0.1) is 4.92 Å². The molecule has 0 aliphatic carbocycles. The van der Waals surface area contributed by atoms with Gasteiger partial charge in [-0.25, -0.2) is 0 Å². The third-order valence-electron chi connectivity index (χ3n) is 2.65. The number of nitrogens with two attached hydrogens (primary N) is 1. The molecule has 0 saturated carbocycles. The molecule has 18 heavy (non-hydrogen) atoms. The van der Waals surface area contributed by atoms with Crippen LogP contribution in [0.4, 0.5) is 11.4 Å². The van der Waals surface area contributed by atoms with Gasteiger partial charge in [0, 0.05) is 18.5 Å². The van der Waals surface area contributed by atoms with Gasteiger partial charge in [-0.15, -0.1) is 0 Å². The summed E-state index contributed by atoms with van der Waals surface area (Å²) in [5.41, 5.74) is 5.85. The molecule has 0 spiro atoms. The molecule has 0 aromatic heterocycles. The second kappa shape index (κ2) is 6.11. The SMILES string of the molecule is CC(C)C(N)CC(=O)Nc1ccccc1[N+](=O)[O-]. The summed E-state index contributed by atoms with van der Waals surface area (Å²) in [6.45, 7) is 3.84. The average Bonchev–Trinajstić information content (AvgIpc) is 2.28. The first-order valence-electron chi connectivity index (χ1n) is 5.70. The van der Waals surface area contributed by atoms with Crippen LogP contribution in [-0.2, 0) is 4.79 Å². The molecule has 0 fully saturated rings. The van der Waals surface area contributed by atoms with Gasteiger partial charge in [0.25, 0.3) is 5.69 Å². The molecule has 0 radical (unpaired) electrons. The van der Waals surface area contributed by atoms with Gasteiger partial charge in [-0.1, -0.05) is 26.0 Å². The number of para-hydroxylation sites is 2. The van der Waals surface area contributed by atoms with Crippen LogP contribution in [0.15, 0.2) is 24.3 Å². The molecule has 0 aliphatic rings. The minimum absolute atomic E-state index is 0.121. The molecule has 1 rings (SSSR count). The summed E-state index contributed by atoms with van der Waals surface area (Å²) >= 11 is 0. The van der Waals surface area contributed by atoms with Crippen molar-refractivity contribution in [3.63, 3.8) is 0 Å². The van der Waals surface area contributed by atoms with Gasteiger partial charge in [-0.2, -0.15) is 0 Å². The number of carbonyl (C=O) groups excluding carboxylic acids is 1. The van der Waals surface area contributed by atoms with Crippen molar-refractivity contribution >= 4 is 17.3 Å². The lowest BCUT2D eigenvalue weighted by molar-refractivity contribution is -0.383. The standard InChI is InChI=1S/C12H17N3O3/c1-8(2)9(13)7-12(16)14-10-5-3-4-6-11(10)15(17)18/h3-6,8-9H,7,13H2,1-2H3,(H,14,16). The molecule has 1 atom stereocenters. The van der Waals surface area contributed by atoms with Gasteiger partial charge in [-0.05, 0) is 12.0 Å². The molecule has 0 bridgehead atoms. The Morgan fingerprint density at radius 2 is 2.06 bits per heavy atom. The second-order valence-electron chi connectivity index (χ2n) is 4.43. The molecule has 1 unspecified atom stereocenters. The maximum Gasteiger partial charge on any atom is 0.292 e. The fourth-order valence-electron chi connectivity index (χ4n) is 1.39. The van der Waals surface area contributed by atoms with E-state index in [1.807, 2.05) is 13.8 Å². The number of benzene rings is 1. The molecule has 0 aliphatic heterocycles. The van der Waals surface area contributed by atoms with E-state index in [4.69, 9.17) is 5.73 Å². The second-order valence-corrected chi connectivity index (χ2v) is 4.43. The van der Waals surface area contributed by atoms with E-state index >= 15 is 0 Å². The van der Waals surface area contributed by atoms with Crippen molar-refractivity contribution < 1.29 is 9.72 Å². The first-order valence-corrected chi connectivity index (χ1v) is 5.70. The summed E-state index contributed by atoms with van der Waals surface area (Å²) in [6.07, 6.45) is 0.143. The highest BCUT2D eigenvalue weighted by Gasteiger charge is 2.17. The van der Waals surface area contributed by atoms with E-state index in [1.165, 1.54) is 12.1 Å². The normalized spacial score (nSPS) is 12.2. The van der Waals surface area contributed by atoms with E-state index in [2.05, 4.69) is 5.32 Å². The van der Waals surface area contributed by atoms with Crippen molar-refractivity contribution in [2.75, 3.05) is 5.32 Å². The average molecular weight is 251 g/mol. The zero-order chi connectivity index (χ0) is 13.7. The lowest BCUT2D eigenvalue weighted by Gasteiger charge is -2.14. The van der Waals surface area contributed by atoms with E-state index in [-0.39, 0.29) is 35.7 Å². The van der Waals surface area contributed by atoms with E-state index < -0.39 is 4.92 Å². The van der Waals surface area contributed by atoms with Crippen molar-refractivity contribution in [1.82, 2.24) is 0 Å². The van der Waals surface area contributed by atoms with Crippen LogP contribution in [0.1, 0.15) is 20.3 Å². The predicted octanol–water partition coefficient (Wildman–Crippen LogP) is 1.91. The van der Waals surface area contributed by atoms with Crippen molar-refractivity contribution in [1.29, 1.82) is 0 Å². The van der Waals surface area contributed by atoms with E-state index in [1.54, 1.807) is 12.1 Å². The number of nitro benzene ring substituents is 1. The summed E-state index contributed by atoms with van der Waals surface area (Å²) < 4.78 is 0. The number of hydrogen-bond donors (Lipinski definition) is 2. The molecular weight excluding hydrogens is 234 g/mol. The minimum atomic E-state index is -0.530. The molecule has 0 saturated heterocycles. The van der Waals surface area contributed by atoms with Gasteiger partial charge in [0.15, 0.2) is 0 Å². The maximum atomic E-state index is 11.7. The lowest BCUT2D eigenvalue weighted by Crippen LogP contribution is -2.31. The molecule has 1 amide bonds. The van der Waals surface area contributed by atoms with Crippen molar-refractivity contribution in [2.24, 2.45) is 11.7 Å². The zero-order valence-electron chi connectivity index (χ0n) is 10.4. The number of rotatable bonds is 5. The quantitative estimate of drug-likeness (QED) is 0.616. The highest BCUT2D eigenvalue weighted by atomic mass is 16.6. The van der Waals surface area contributed by atoms with E-state index in [0.717, 1.165) is 0 Å². The Labute approximate surface area is 105 Å². The van der Waals surface area contributed by atoms with E-state index in [0.29, 0.717) is 0 Å². The van der Waals surface area contributed by atoms with Crippen LogP contribution < -0.4 is 11.1 Å². The van der Waals surface area contributed by atoms with Crippen molar-refractivity contribution in [3.05, 3.63) is 34.4 Å². The summed E-state index contributed by atoms with van der Waals surface area (Å²) in [4.78, 5) is 21.9. The number of carbonyl (C=O) groups is 1. The first kappa shape index (κ1) is 14.1. The predicted molar refractivity (Wildman–Crippen MR) is 69.2 cm³/mol. The van der Waals surface area contributed by atoms with Crippen LogP contribution in [0.2, 0.25) is 0 Å². The fourth-order valence-corrected chi connectivity index (χ4v) is 1.39. The number of amides is 1. The molecule has 0 heterocycles. The Bertz CT molecular complexity index is 446. The number of nitrogens with one attached hydrogen (secondary N) is 1. The summed E-state index contributed by atoms with van der Waals surface area (Å²) in [6, 6.07) is 5.76. The van der Waals surface area contributed by atoms with Gasteiger partial charge < -0.3 is 11.1 Å². The fraction of sp³-hybridized carbons (Fsp3) is 0.417. The Hall–Kier alpha value is -1.95. The minimum Gasteiger partial charge on any atom is -0.327 e. The summed E-state index contributed by atoms with van der Waals surface area (Å²) in [5, 5.41) is 13.3. The smallest absolute Gasteiger partial charge is 0.292 e. The highest BCUT2D eigenvalue weighted by Crippen LogP contribution is 2.23. The molecule has 98 valence electrons. The van der Waals surface area contributed by atoms with Gasteiger partial charge in [0.2, 0.25) is 5.91 Å². The molecule has 6 nitrogen and oxygen atoms in total. The van der Waals surface area contributed by atoms with Gasteiger partial charge >= 0.3 is 0 Å². The third kappa shape index (κ3) is 3.81. The lowest BCUT2D eigenvalue weighted by atomic mass is 10.0. The third-order valence-corrected chi connectivity index (χ3v) is 2.65. The van der Waals surface area contributed by atoms with Crippen molar-refractivity contribution in [3.8, 4) is 0 Å². The zero-order valence-corrected chi connectivity index (χ0v) is 10.4. The molecule has 3 N–H and O–H groups in total. The van der Waals surface area contributed by atoms with Crippen LogP contribution >= 0.6 is 0 Å². The first-order chi connectivity index (χ1) is 8.41. The van der Waals surface area contributed by atoms with Gasteiger partial charge in [-0.3, -0.25) is 14.9 Å². The Morgan fingerprint density at radius 1 is 1.44 bits per heavy atom. The molecule has 1 aromatic carbocycles. The largest absolute Gasteiger partial charge is 0.327 e. The Kier molecular flexibility index (Phi) is 4.79. The topological polar surface area (TPSA) is 98.3 Å². The highest BCUT2D eigenvalue weighted by molar-refractivity contribution is 5.93. The number of hydrogen-bond acceptors (Lipinski definition) is 4. The molecule has 6 heteroatoms. The van der Waals surface area contributed by atoms with Crippen LogP contribution in [0.5, 0.6) is 0 Å². The maximum absolute atomic E-state index is 11.7. The van der Waals surface area contributed by atoms with Gasteiger partial charge in [0.1, 0.15) is 5.69 Å². The number of nitrogens with zero attached hydrogens (tertiary/aromatic N) is 1. The Morgan fingerprint density at radius 3 is 2.61 bits per heavy atom. The number of anilines is 1.